The fraction of sp³-hybridized carbons (Fsp3) is 0.147. The molecule has 8 heteroatoms. The molecule has 2 aromatic heterocycles. The van der Waals surface area contributed by atoms with Crippen LogP contribution in [-0.4, -0.2) is 25.7 Å². The number of benzene rings is 3. The maximum atomic E-state index is 12.1. The number of nitrogens with zero attached hydrogens (tertiary/aromatic N) is 3. The number of thiocarbonyl (C=S) groups is 1. The number of aromatic carboxylic acids is 1. The molecule has 3 heterocycles. The van der Waals surface area contributed by atoms with Gasteiger partial charge in [0.1, 0.15) is 11.5 Å². The van der Waals surface area contributed by atoms with Gasteiger partial charge in [0.05, 0.1) is 29.0 Å². The Morgan fingerprint density at radius 2 is 1.64 bits per heavy atom. The largest absolute Gasteiger partial charge is 0.478 e. The molecule has 0 unspecified atom stereocenters. The number of carbonyl (C=O) groups is 1. The highest BCUT2D eigenvalue weighted by Crippen LogP contribution is 2.44. The number of pyridine rings is 1. The van der Waals surface area contributed by atoms with Gasteiger partial charge >= 0.3 is 5.97 Å². The van der Waals surface area contributed by atoms with Gasteiger partial charge in [0, 0.05) is 23.3 Å². The lowest BCUT2D eigenvalue weighted by molar-refractivity contribution is 0.0697. The summed E-state index contributed by atoms with van der Waals surface area (Å²) in [6.45, 7) is 6.04. The van der Waals surface area contributed by atoms with E-state index in [0.717, 1.165) is 45.4 Å². The van der Waals surface area contributed by atoms with Crippen LogP contribution in [0, 0.1) is 20.8 Å². The van der Waals surface area contributed by atoms with E-state index in [9.17, 15) is 9.90 Å². The summed E-state index contributed by atoms with van der Waals surface area (Å²) in [5, 5.41) is 14.0. The summed E-state index contributed by atoms with van der Waals surface area (Å²) < 4.78 is 8.15. The van der Waals surface area contributed by atoms with Crippen LogP contribution >= 0.6 is 12.2 Å². The van der Waals surface area contributed by atoms with Crippen LogP contribution in [0.5, 0.6) is 11.5 Å². The van der Waals surface area contributed by atoms with E-state index in [4.69, 9.17) is 17.0 Å². The second kappa shape index (κ2) is 11.1. The van der Waals surface area contributed by atoms with E-state index in [1.165, 1.54) is 0 Å². The summed E-state index contributed by atoms with van der Waals surface area (Å²) in [5.74, 6) is 0.572. The monoisotopic (exact) mass is 574 g/mol. The molecule has 0 amide bonds. The zero-order valence-corrected chi connectivity index (χ0v) is 24.3. The van der Waals surface area contributed by atoms with Crippen molar-refractivity contribution in [2.45, 2.75) is 32.9 Å². The first-order valence-corrected chi connectivity index (χ1v) is 14.1. The normalized spacial score (nSPS) is 16.4. The number of anilines is 1. The van der Waals surface area contributed by atoms with Gasteiger partial charge in [0.2, 0.25) is 0 Å². The molecule has 42 heavy (non-hydrogen) atoms. The van der Waals surface area contributed by atoms with Crippen LogP contribution in [0.1, 0.15) is 50.7 Å². The van der Waals surface area contributed by atoms with Crippen molar-refractivity contribution in [1.82, 2.24) is 14.9 Å². The lowest BCUT2D eigenvalue weighted by Crippen LogP contribution is -2.29. The Kier molecular flexibility index (Phi) is 7.22. The second-order valence-corrected chi connectivity index (χ2v) is 10.7. The first-order chi connectivity index (χ1) is 20.3. The van der Waals surface area contributed by atoms with E-state index < -0.39 is 5.97 Å². The molecule has 1 aliphatic rings. The number of hydrogen-bond acceptors (Lipinski definition) is 4. The quantitative estimate of drug-likeness (QED) is 0.195. The second-order valence-electron chi connectivity index (χ2n) is 10.3. The van der Waals surface area contributed by atoms with Crippen LogP contribution in [0.25, 0.3) is 5.69 Å². The minimum Gasteiger partial charge on any atom is -0.478 e. The maximum absolute atomic E-state index is 12.1. The van der Waals surface area contributed by atoms with Gasteiger partial charge in [-0.15, -0.1) is 0 Å². The number of carboxylic acids is 1. The third kappa shape index (κ3) is 4.90. The van der Waals surface area contributed by atoms with Crippen LogP contribution < -0.4 is 15.0 Å². The maximum Gasteiger partial charge on any atom is 0.337 e. The Labute approximate surface area is 250 Å². The molecule has 0 bridgehead atoms. The van der Waals surface area contributed by atoms with Gasteiger partial charge in [-0.3, -0.25) is 4.98 Å². The Hall–Kier alpha value is -4.95. The number of ether oxygens (including phenoxy) is 1. The van der Waals surface area contributed by atoms with Gasteiger partial charge in [0.15, 0.2) is 5.11 Å². The van der Waals surface area contributed by atoms with Crippen molar-refractivity contribution in [3.63, 3.8) is 0 Å². The fourth-order valence-electron chi connectivity index (χ4n) is 5.73. The van der Waals surface area contributed by atoms with Crippen molar-refractivity contribution in [2.75, 3.05) is 4.90 Å². The van der Waals surface area contributed by atoms with Crippen molar-refractivity contribution in [2.24, 2.45) is 0 Å². The summed E-state index contributed by atoms with van der Waals surface area (Å²) in [6, 6.07) is 30.4. The van der Waals surface area contributed by atoms with Gasteiger partial charge in [-0.05, 0) is 105 Å². The topological polar surface area (TPSA) is 79.6 Å². The third-order valence-electron chi connectivity index (χ3n) is 7.70. The summed E-state index contributed by atoms with van der Waals surface area (Å²) in [6.07, 6.45) is 1.78. The molecule has 5 aromatic rings. The molecular weight excluding hydrogens is 544 g/mol. The SMILES string of the molecule is Cc1ccccc1Oc1ccc(N2C(=S)N[C@@H](c3ccccn3)[C@@H]2c2cc(C)n(-c3ccccc3C(=O)O)c2C)cc1. The third-order valence-corrected chi connectivity index (χ3v) is 8.01. The molecule has 0 radical (unpaired) electrons. The fourth-order valence-corrected chi connectivity index (χ4v) is 6.07. The summed E-state index contributed by atoms with van der Waals surface area (Å²) in [7, 11) is 0. The summed E-state index contributed by atoms with van der Waals surface area (Å²) in [5.41, 5.74) is 6.58. The molecule has 0 saturated carbocycles. The molecule has 1 saturated heterocycles. The average molecular weight is 575 g/mol. The van der Waals surface area contributed by atoms with Crippen molar-refractivity contribution < 1.29 is 14.6 Å². The summed E-state index contributed by atoms with van der Waals surface area (Å²) >= 11 is 5.93. The van der Waals surface area contributed by atoms with Gasteiger partial charge in [-0.25, -0.2) is 4.79 Å². The molecule has 210 valence electrons. The predicted octanol–water partition coefficient (Wildman–Crippen LogP) is 7.47. The Bertz CT molecular complexity index is 1780. The average Bonchev–Trinajstić information content (AvgIpc) is 3.49. The molecule has 6 rings (SSSR count). The Balaban J connectivity index is 1.44. The molecule has 1 fully saturated rings. The molecule has 2 N–H and O–H groups in total. The minimum absolute atomic E-state index is 0.231. The van der Waals surface area contributed by atoms with Crippen molar-refractivity contribution in [1.29, 1.82) is 0 Å². The number of hydrogen-bond donors (Lipinski definition) is 2. The molecule has 0 aliphatic carbocycles. The van der Waals surface area contributed by atoms with Gasteiger partial charge in [-0.2, -0.15) is 0 Å². The van der Waals surface area contributed by atoms with Gasteiger partial charge in [-0.1, -0.05) is 36.4 Å². The van der Waals surface area contributed by atoms with E-state index in [1.54, 1.807) is 18.3 Å². The zero-order chi connectivity index (χ0) is 29.4. The summed E-state index contributed by atoms with van der Waals surface area (Å²) in [4.78, 5) is 18.9. The first-order valence-electron chi connectivity index (χ1n) is 13.7. The van der Waals surface area contributed by atoms with Crippen molar-refractivity contribution in [3.8, 4) is 17.2 Å². The molecule has 1 aliphatic heterocycles. The highest BCUT2D eigenvalue weighted by molar-refractivity contribution is 7.80. The van der Waals surface area contributed by atoms with E-state index in [-0.39, 0.29) is 17.6 Å². The van der Waals surface area contributed by atoms with Crippen LogP contribution in [0.4, 0.5) is 5.69 Å². The van der Waals surface area contributed by atoms with E-state index in [0.29, 0.717) is 10.8 Å². The van der Waals surface area contributed by atoms with Crippen LogP contribution in [0.2, 0.25) is 0 Å². The number of aromatic nitrogens is 2. The van der Waals surface area contributed by atoms with Crippen LogP contribution in [-0.2, 0) is 0 Å². The number of aryl methyl sites for hydroxylation is 2. The number of nitrogens with one attached hydrogen (secondary N) is 1. The van der Waals surface area contributed by atoms with E-state index in [1.807, 2.05) is 104 Å². The van der Waals surface area contributed by atoms with E-state index in [2.05, 4.69) is 21.3 Å². The Morgan fingerprint density at radius 1 is 0.929 bits per heavy atom. The standard InChI is InChI=1S/C34H30N4O3S/c1-21-10-4-7-14-30(21)41-25-17-15-24(16-18-25)38-32(31(36-34(38)42)28-12-8-9-19-35-28)27-20-22(2)37(23(27)3)29-13-6-5-11-26(29)33(39)40/h4-20,31-32H,1-3H3,(H,36,42)(H,39,40)/t31-,32-/m0/s1. The highest BCUT2D eigenvalue weighted by atomic mass is 32.1. The van der Waals surface area contributed by atoms with Crippen LogP contribution in [0.3, 0.4) is 0 Å². The number of rotatable bonds is 7. The van der Waals surface area contributed by atoms with E-state index >= 15 is 0 Å². The molecule has 0 spiro atoms. The molecule has 7 nitrogen and oxygen atoms in total. The molecule has 3 aromatic carbocycles. The lowest BCUT2D eigenvalue weighted by Gasteiger charge is -2.28. The zero-order valence-electron chi connectivity index (χ0n) is 23.5. The van der Waals surface area contributed by atoms with Gasteiger partial charge in [0.25, 0.3) is 0 Å². The minimum atomic E-state index is -0.968. The first kappa shape index (κ1) is 27.2. The van der Waals surface area contributed by atoms with Crippen molar-refractivity contribution >= 4 is 29.0 Å². The predicted molar refractivity (Wildman–Crippen MR) is 168 cm³/mol. The lowest BCUT2D eigenvalue weighted by atomic mass is 9.96. The molecule has 2 atom stereocenters. The van der Waals surface area contributed by atoms with Crippen LogP contribution in [0.15, 0.2) is 103 Å². The Morgan fingerprint density at radius 3 is 2.36 bits per heavy atom. The molecular formula is C34H30N4O3S. The number of carboxylic acid groups (broad SMARTS) is 1. The van der Waals surface area contributed by atoms with Crippen molar-refractivity contribution in [3.05, 3.63) is 137 Å². The highest BCUT2D eigenvalue weighted by Gasteiger charge is 2.42. The smallest absolute Gasteiger partial charge is 0.337 e. The van der Waals surface area contributed by atoms with Gasteiger partial charge < -0.3 is 24.6 Å². The number of para-hydroxylation sites is 2.